The van der Waals surface area contributed by atoms with Crippen LogP contribution in [-0.2, 0) is 33.9 Å². The molecule has 0 saturated heterocycles. The second-order valence-corrected chi connectivity index (χ2v) is 4.88. The smallest absolute Gasteiger partial charge is 0.322 e. The lowest BCUT2D eigenvalue weighted by molar-refractivity contribution is -0.147. The van der Waals surface area contributed by atoms with Crippen LogP contribution in [-0.4, -0.2) is 57.4 Å². The summed E-state index contributed by atoms with van der Waals surface area (Å²) in [5.41, 5.74) is 0. The molecule has 0 amide bonds. The van der Waals surface area contributed by atoms with Crippen LogP contribution in [0.1, 0.15) is 6.42 Å². The molecule has 18 heavy (non-hydrogen) atoms. The van der Waals surface area contributed by atoms with Crippen molar-refractivity contribution in [3.05, 3.63) is 0 Å². The molecule has 0 rings (SSSR count). The SMILES string of the molecule is COC(=O)C[C@H](NS(=O)(=O)CC(=O)OC)C(=O)O. The van der Waals surface area contributed by atoms with E-state index in [1.54, 1.807) is 4.72 Å². The van der Waals surface area contributed by atoms with Crippen LogP contribution in [0.2, 0.25) is 0 Å². The Morgan fingerprint density at radius 3 is 2.06 bits per heavy atom. The van der Waals surface area contributed by atoms with Gasteiger partial charge in [-0.15, -0.1) is 0 Å². The quantitative estimate of drug-likeness (QED) is 0.517. The number of hydrogen-bond acceptors (Lipinski definition) is 7. The predicted molar refractivity (Wildman–Crippen MR) is 57.0 cm³/mol. The van der Waals surface area contributed by atoms with Gasteiger partial charge in [0.15, 0.2) is 5.75 Å². The van der Waals surface area contributed by atoms with Crippen molar-refractivity contribution in [2.45, 2.75) is 12.5 Å². The van der Waals surface area contributed by atoms with E-state index in [0.29, 0.717) is 0 Å². The monoisotopic (exact) mass is 283 g/mol. The highest BCUT2D eigenvalue weighted by atomic mass is 32.2. The van der Waals surface area contributed by atoms with Gasteiger partial charge >= 0.3 is 17.9 Å². The van der Waals surface area contributed by atoms with Crippen molar-refractivity contribution in [1.82, 2.24) is 4.72 Å². The summed E-state index contributed by atoms with van der Waals surface area (Å²) in [5.74, 6) is -4.55. The van der Waals surface area contributed by atoms with E-state index in [1.807, 2.05) is 0 Å². The highest BCUT2D eigenvalue weighted by Crippen LogP contribution is 1.99. The first-order valence-electron chi connectivity index (χ1n) is 4.58. The molecule has 0 heterocycles. The molecule has 9 nitrogen and oxygen atoms in total. The zero-order chi connectivity index (χ0) is 14.3. The molecule has 1 atom stereocenters. The zero-order valence-electron chi connectivity index (χ0n) is 9.70. The Balaban J connectivity index is 4.73. The summed E-state index contributed by atoms with van der Waals surface area (Å²) in [6.45, 7) is 0. The molecule has 0 aromatic rings. The Labute approximate surface area is 103 Å². The number of ether oxygens (including phenoxy) is 2. The maximum Gasteiger partial charge on any atom is 0.322 e. The van der Waals surface area contributed by atoms with Crippen LogP contribution < -0.4 is 4.72 Å². The predicted octanol–water partition coefficient (Wildman–Crippen LogP) is -1.90. The Bertz CT molecular complexity index is 428. The number of carboxylic acids is 1. The summed E-state index contributed by atoms with van der Waals surface area (Å²) in [6, 6.07) is -1.70. The standard InChI is InChI=1S/C8H13NO8S/c1-16-6(10)3-5(8(12)13)9-18(14,15)4-7(11)17-2/h5,9H,3-4H2,1-2H3,(H,12,13)/t5-/m0/s1. The average molecular weight is 283 g/mol. The van der Waals surface area contributed by atoms with E-state index < -0.39 is 46.1 Å². The average Bonchev–Trinajstić information content (AvgIpc) is 2.26. The van der Waals surface area contributed by atoms with E-state index in [4.69, 9.17) is 5.11 Å². The fourth-order valence-electron chi connectivity index (χ4n) is 0.902. The maximum absolute atomic E-state index is 11.4. The molecule has 0 aliphatic heterocycles. The minimum Gasteiger partial charge on any atom is -0.480 e. The van der Waals surface area contributed by atoms with Crippen molar-refractivity contribution in [2.75, 3.05) is 20.0 Å². The molecular weight excluding hydrogens is 270 g/mol. The van der Waals surface area contributed by atoms with Crippen molar-refractivity contribution >= 4 is 27.9 Å². The molecule has 0 radical (unpaired) electrons. The Morgan fingerprint density at radius 1 is 1.17 bits per heavy atom. The highest BCUT2D eigenvalue weighted by molar-refractivity contribution is 7.90. The van der Waals surface area contributed by atoms with E-state index in [9.17, 15) is 22.8 Å². The maximum atomic E-state index is 11.4. The van der Waals surface area contributed by atoms with E-state index in [1.165, 1.54) is 0 Å². The summed E-state index contributed by atoms with van der Waals surface area (Å²) in [6.07, 6.45) is -0.688. The molecular formula is C8H13NO8S. The third-order valence-electron chi connectivity index (χ3n) is 1.75. The molecule has 0 bridgehead atoms. The van der Waals surface area contributed by atoms with Crippen molar-refractivity contribution in [3.8, 4) is 0 Å². The van der Waals surface area contributed by atoms with Gasteiger partial charge in [0.2, 0.25) is 10.0 Å². The molecule has 0 saturated carbocycles. The van der Waals surface area contributed by atoms with Gasteiger partial charge in [-0.25, -0.2) is 8.42 Å². The zero-order valence-corrected chi connectivity index (χ0v) is 10.5. The first kappa shape index (κ1) is 16.3. The van der Waals surface area contributed by atoms with Gasteiger partial charge in [0, 0.05) is 0 Å². The molecule has 0 fully saturated rings. The fourth-order valence-corrected chi connectivity index (χ4v) is 2.03. The van der Waals surface area contributed by atoms with Crippen molar-refractivity contribution in [3.63, 3.8) is 0 Å². The molecule has 0 aromatic carbocycles. The molecule has 0 spiro atoms. The number of carbonyl (C=O) groups excluding carboxylic acids is 2. The topological polar surface area (TPSA) is 136 Å². The minimum absolute atomic E-state index is 0.688. The summed E-state index contributed by atoms with van der Waals surface area (Å²) in [7, 11) is -2.19. The third kappa shape index (κ3) is 6.15. The highest BCUT2D eigenvalue weighted by Gasteiger charge is 2.28. The number of hydrogen-bond donors (Lipinski definition) is 2. The molecule has 104 valence electrons. The van der Waals surface area contributed by atoms with Crippen molar-refractivity contribution in [2.24, 2.45) is 0 Å². The van der Waals surface area contributed by atoms with Crippen molar-refractivity contribution in [1.29, 1.82) is 0 Å². The number of carboxylic acid groups (broad SMARTS) is 1. The number of esters is 2. The number of methoxy groups -OCH3 is 2. The number of aliphatic carboxylic acids is 1. The number of sulfonamides is 1. The van der Waals surface area contributed by atoms with E-state index in [2.05, 4.69) is 9.47 Å². The second kappa shape index (κ2) is 6.91. The van der Waals surface area contributed by atoms with Crippen LogP contribution in [0, 0.1) is 0 Å². The van der Waals surface area contributed by atoms with Gasteiger partial charge in [0.25, 0.3) is 0 Å². The lowest BCUT2D eigenvalue weighted by atomic mass is 10.2. The summed E-state index contributed by atoms with van der Waals surface area (Å²) in [4.78, 5) is 32.4. The molecule has 0 aliphatic carbocycles. The van der Waals surface area contributed by atoms with E-state index >= 15 is 0 Å². The first-order chi connectivity index (χ1) is 8.21. The molecule has 0 unspecified atom stereocenters. The van der Waals surface area contributed by atoms with Gasteiger partial charge in [-0.1, -0.05) is 0 Å². The second-order valence-electron chi connectivity index (χ2n) is 3.12. The number of carbonyl (C=O) groups is 3. The van der Waals surface area contributed by atoms with Gasteiger partial charge < -0.3 is 14.6 Å². The first-order valence-corrected chi connectivity index (χ1v) is 6.23. The van der Waals surface area contributed by atoms with Crippen LogP contribution >= 0.6 is 0 Å². The Kier molecular flexibility index (Phi) is 6.27. The van der Waals surface area contributed by atoms with Gasteiger partial charge in [-0.2, -0.15) is 4.72 Å². The molecule has 2 N–H and O–H groups in total. The Hall–Kier alpha value is -1.68. The molecule has 0 aromatic heterocycles. The van der Waals surface area contributed by atoms with E-state index in [-0.39, 0.29) is 0 Å². The lowest BCUT2D eigenvalue weighted by Crippen LogP contribution is -2.44. The number of nitrogens with one attached hydrogen (secondary N) is 1. The molecule has 10 heteroatoms. The summed E-state index contributed by atoms with van der Waals surface area (Å²) in [5, 5.41) is 8.72. The number of rotatable bonds is 7. The van der Waals surface area contributed by atoms with Crippen LogP contribution in [0.4, 0.5) is 0 Å². The van der Waals surface area contributed by atoms with Crippen LogP contribution in [0.5, 0.6) is 0 Å². The van der Waals surface area contributed by atoms with Crippen LogP contribution in [0.3, 0.4) is 0 Å². The normalized spacial score (nSPS) is 12.6. The molecule has 0 aliphatic rings. The van der Waals surface area contributed by atoms with Gasteiger partial charge in [0.1, 0.15) is 6.04 Å². The van der Waals surface area contributed by atoms with Gasteiger partial charge in [0.05, 0.1) is 20.6 Å². The van der Waals surface area contributed by atoms with Crippen LogP contribution in [0.25, 0.3) is 0 Å². The summed E-state index contributed by atoms with van der Waals surface area (Å²) < 4.78 is 32.8. The Morgan fingerprint density at radius 2 is 1.67 bits per heavy atom. The van der Waals surface area contributed by atoms with Crippen molar-refractivity contribution < 1.29 is 37.4 Å². The third-order valence-corrected chi connectivity index (χ3v) is 3.01. The summed E-state index contributed by atoms with van der Waals surface area (Å²) >= 11 is 0. The minimum atomic E-state index is -4.20. The fraction of sp³-hybridized carbons (Fsp3) is 0.625. The van der Waals surface area contributed by atoms with E-state index in [0.717, 1.165) is 14.2 Å². The largest absolute Gasteiger partial charge is 0.480 e. The van der Waals surface area contributed by atoms with Crippen LogP contribution in [0.15, 0.2) is 0 Å². The lowest BCUT2D eigenvalue weighted by Gasteiger charge is -2.12. The van der Waals surface area contributed by atoms with Gasteiger partial charge in [-0.3, -0.25) is 14.4 Å². The van der Waals surface area contributed by atoms with Gasteiger partial charge in [-0.05, 0) is 0 Å².